The van der Waals surface area contributed by atoms with Crippen molar-refractivity contribution in [1.29, 1.82) is 0 Å². The van der Waals surface area contributed by atoms with Crippen LogP contribution in [-0.2, 0) is 0 Å². The summed E-state index contributed by atoms with van der Waals surface area (Å²) in [5, 5.41) is 5.02. The third-order valence-corrected chi connectivity index (χ3v) is 2.20. The van der Waals surface area contributed by atoms with Gasteiger partial charge in [0.15, 0.2) is 5.65 Å². The molecule has 0 fully saturated rings. The molecule has 0 saturated carbocycles. The highest BCUT2D eigenvalue weighted by Gasteiger charge is 2.07. The van der Waals surface area contributed by atoms with Crippen LogP contribution in [0, 0.1) is 0 Å². The Morgan fingerprint density at radius 3 is 2.92 bits per heavy atom. The Labute approximate surface area is 81.4 Å². The zero-order chi connectivity index (χ0) is 9.42. The molecular weight excluding hydrogens is 186 g/mol. The van der Waals surface area contributed by atoms with Crippen LogP contribution in [0.3, 0.4) is 0 Å². The molecule has 0 unspecified atom stereocenters. The molecule has 0 radical (unpaired) electrons. The van der Waals surface area contributed by atoms with Crippen LogP contribution in [0.25, 0.3) is 5.65 Å². The summed E-state index contributed by atoms with van der Waals surface area (Å²) >= 11 is 6.02. The number of aromatic nitrogens is 3. The summed E-state index contributed by atoms with van der Waals surface area (Å²) in [6.45, 7) is 4.17. The monoisotopic (exact) mass is 195 g/mol. The van der Waals surface area contributed by atoms with Gasteiger partial charge in [0, 0.05) is 12.4 Å². The highest BCUT2D eigenvalue weighted by molar-refractivity contribution is 6.33. The van der Waals surface area contributed by atoms with Crippen molar-refractivity contribution in [3.05, 3.63) is 29.2 Å². The Hall–Kier alpha value is -1.09. The fraction of sp³-hybridized carbons (Fsp3) is 0.333. The molecular formula is C9H10ClN3. The first-order valence-electron chi connectivity index (χ1n) is 4.18. The molecule has 0 saturated heterocycles. The van der Waals surface area contributed by atoms with Gasteiger partial charge in [0.1, 0.15) is 0 Å². The Bertz CT molecular complexity index is 433. The number of nitrogens with zero attached hydrogens (tertiary/aromatic N) is 3. The minimum absolute atomic E-state index is 0.379. The van der Waals surface area contributed by atoms with Crippen molar-refractivity contribution in [2.45, 2.75) is 19.8 Å². The predicted octanol–water partition coefficient (Wildman–Crippen LogP) is 2.51. The summed E-state index contributed by atoms with van der Waals surface area (Å²) in [6, 6.07) is 1.87. The zero-order valence-electron chi connectivity index (χ0n) is 7.53. The van der Waals surface area contributed by atoms with E-state index >= 15 is 0 Å². The molecule has 0 aliphatic rings. The highest BCUT2D eigenvalue weighted by Crippen LogP contribution is 2.19. The van der Waals surface area contributed by atoms with Gasteiger partial charge in [-0.2, -0.15) is 5.10 Å². The normalized spacial score (nSPS) is 11.4. The van der Waals surface area contributed by atoms with E-state index in [4.69, 9.17) is 11.6 Å². The molecule has 2 heterocycles. The maximum atomic E-state index is 6.02. The zero-order valence-corrected chi connectivity index (χ0v) is 8.28. The van der Waals surface area contributed by atoms with Crippen LogP contribution in [0.15, 0.2) is 18.5 Å². The first-order valence-corrected chi connectivity index (χ1v) is 4.56. The van der Waals surface area contributed by atoms with Crippen molar-refractivity contribution in [2.75, 3.05) is 0 Å². The second kappa shape index (κ2) is 3.00. The third kappa shape index (κ3) is 1.40. The number of hydrogen-bond donors (Lipinski definition) is 0. The smallest absolute Gasteiger partial charge is 0.172 e. The molecule has 4 heteroatoms. The first-order chi connectivity index (χ1) is 6.18. The van der Waals surface area contributed by atoms with E-state index in [0.29, 0.717) is 16.6 Å². The average Bonchev–Trinajstić information content (AvgIpc) is 2.51. The lowest BCUT2D eigenvalue weighted by molar-refractivity contribution is 0.764. The van der Waals surface area contributed by atoms with E-state index in [0.717, 1.165) is 5.69 Å². The predicted molar refractivity (Wildman–Crippen MR) is 52.1 cm³/mol. The quantitative estimate of drug-likeness (QED) is 0.700. The van der Waals surface area contributed by atoms with Gasteiger partial charge in [0.2, 0.25) is 0 Å². The maximum Gasteiger partial charge on any atom is 0.172 e. The van der Waals surface area contributed by atoms with Crippen LogP contribution in [0.1, 0.15) is 25.5 Å². The second-order valence-electron chi connectivity index (χ2n) is 3.27. The van der Waals surface area contributed by atoms with Gasteiger partial charge in [-0.05, 0) is 12.0 Å². The molecule has 3 nitrogen and oxygen atoms in total. The summed E-state index contributed by atoms with van der Waals surface area (Å²) in [5.41, 5.74) is 1.70. The SMILES string of the molecule is CC(C)c1cc(Cl)c2nccn2n1. The van der Waals surface area contributed by atoms with Gasteiger partial charge >= 0.3 is 0 Å². The van der Waals surface area contributed by atoms with Crippen molar-refractivity contribution in [3.8, 4) is 0 Å². The Kier molecular flexibility index (Phi) is 1.96. The van der Waals surface area contributed by atoms with E-state index in [-0.39, 0.29) is 0 Å². The van der Waals surface area contributed by atoms with Crippen LogP contribution in [0.4, 0.5) is 0 Å². The highest BCUT2D eigenvalue weighted by atomic mass is 35.5. The van der Waals surface area contributed by atoms with Gasteiger partial charge < -0.3 is 0 Å². The standard InChI is InChI=1S/C9H10ClN3/c1-6(2)8-5-7(10)9-11-3-4-13(9)12-8/h3-6H,1-2H3. The van der Waals surface area contributed by atoms with Crippen LogP contribution in [0.2, 0.25) is 5.02 Å². The van der Waals surface area contributed by atoms with Crippen molar-refractivity contribution < 1.29 is 0 Å². The lowest BCUT2D eigenvalue weighted by Crippen LogP contribution is -1.99. The molecule has 2 aromatic rings. The first kappa shape index (κ1) is 8.51. The average molecular weight is 196 g/mol. The van der Waals surface area contributed by atoms with Gasteiger partial charge in [-0.25, -0.2) is 9.50 Å². The van der Waals surface area contributed by atoms with Gasteiger partial charge in [-0.15, -0.1) is 0 Å². The molecule has 0 aromatic carbocycles. The molecule has 2 rings (SSSR count). The fourth-order valence-electron chi connectivity index (χ4n) is 1.18. The Balaban J connectivity index is 2.70. The summed E-state index contributed by atoms with van der Waals surface area (Å²) in [7, 11) is 0. The lowest BCUT2D eigenvalue weighted by Gasteiger charge is -2.05. The molecule has 0 N–H and O–H groups in total. The van der Waals surface area contributed by atoms with Gasteiger partial charge in [-0.3, -0.25) is 0 Å². The molecule has 68 valence electrons. The fourth-order valence-corrected chi connectivity index (χ4v) is 1.43. The molecule has 0 aliphatic carbocycles. The topological polar surface area (TPSA) is 30.2 Å². The van der Waals surface area contributed by atoms with E-state index in [1.54, 1.807) is 16.9 Å². The molecule has 0 spiro atoms. The largest absolute Gasteiger partial charge is 0.234 e. The lowest BCUT2D eigenvalue weighted by atomic mass is 10.1. The number of hydrogen-bond acceptors (Lipinski definition) is 2. The van der Waals surface area contributed by atoms with E-state index in [9.17, 15) is 0 Å². The van der Waals surface area contributed by atoms with Crippen molar-refractivity contribution >= 4 is 17.2 Å². The minimum Gasteiger partial charge on any atom is -0.234 e. The van der Waals surface area contributed by atoms with E-state index in [1.807, 2.05) is 6.07 Å². The molecule has 2 aromatic heterocycles. The van der Waals surface area contributed by atoms with Gasteiger partial charge in [0.25, 0.3) is 0 Å². The number of fused-ring (bicyclic) bond motifs is 1. The van der Waals surface area contributed by atoms with Crippen LogP contribution in [-0.4, -0.2) is 14.6 Å². The van der Waals surface area contributed by atoms with Crippen LogP contribution >= 0.6 is 11.6 Å². The summed E-state index contributed by atoms with van der Waals surface area (Å²) in [4.78, 5) is 4.09. The summed E-state index contributed by atoms with van der Waals surface area (Å²) < 4.78 is 1.71. The van der Waals surface area contributed by atoms with E-state index in [1.165, 1.54) is 0 Å². The third-order valence-electron chi connectivity index (χ3n) is 1.92. The summed E-state index contributed by atoms with van der Waals surface area (Å²) in [6.07, 6.45) is 3.49. The molecule has 13 heavy (non-hydrogen) atoms. The molecule has 0 aliphatic heterocycles. The van der Waals surface area contributed by atoms with Crippen LogP contribution in [0.5, 0.6) is 0 Å². The second-order valence-corrected chi connectivity index (χ2v) is 3.67. The van der Waals surface area contributed by atoms with Crippen molar-refractivity contribution in [2.24, 2.45) is 0 Å². The summed E-state index contributed by atoms with van der Waals surface area (Å²) in [5.74, 6) is 0.379. The minimum atomic E-state index is 0.379. The van der Waals surface area contributed by atoms with Crippen LogP contribution < -0.4 is 0 Å². The maximum absolute atomic E-state index is 6.02. The number of imidazole rings is 1. The van der Waals surface area contributed by atoms with Crippen molar-refractivity contribution in [3.63, 3.8) is 0 Å². The molecule has 0 atom stereocenters. The van der Waals surface area contributed by atoms with Gasteiger partial charge in [-0.1, -0.05) is 25.4 Å². The molecule has 0 amide bonds. The van der Waals surface area contributed by atoms with E-state index in [2.05, 4.69) is 23.9 Å². The Morgan fingerprint density at radius 1 is 1.46 bits per heavy atom. The Morgan fingerprint density at radius 2 is 2.23 bits per heavy atom. The number of rotatable bonds is 1. The van der Waals surface area contributed by atoms with Gasteiger partial charge in [0.05, 0.1) is 10.7 Å². The van der Waals surface area contributed by atoms with E-state index < -0.39 is 0 Å². The van der Waals surface area contributed by atoms with Crippen molar-refractivity contribution in [1.82, 2.24) is 14.6 Å². The molecule has 0 bridgehead atoms. The number of halogens is 1.